The summed E-state index contributed by atoms with van der Waals surface area (Å²) in [6.07, 6.45) is 4.65. The maximum atomic E-state index is 11.4. The van der Waals surface area contributed by atoms with Crippen molar-refractivity contribution in [1.29, 1.82) is 0 Å². The van der Waals surface area contributed by atoms with Gasteiger partial charge in [-0.2, -0.15) is 0 Å². The van der Waals surface area contributed by atoms with Gasteiger partial charge in [-0.25, -0.2) is 23.1 Å². The van der Waals surface area contributed by atoms with Crippen LogP contribution in [0.15, 0.2) is 40.4 Å². The molecule has 0 fully saturated rings. The molecule has 0 radical (unpaired) electrons. The second-order valence-corrected chi connectivity index (χ2v) is 5.23. The smallest absolute Gasteiger partial charge is 0.273 e. The van der Waals surface area contributed by atoms with Crippen molar-refractivity contribution in [2.45, 2.75) is 11.6 Å². The summed E-state index contributed by atoms with van der Waals surface area (Å²) in [5.74, 6) is 0.507. The highest BCUT2D eigenvalue weighted by molar-refractivity contribution is 7.89. The minimum Gasteiger partial charge on any atom is -0.446 e. The van der Waals surface area contributed by atoms with Crippen molar-refractivity contribution in [3.8, 4) is 0 Å². The second kappa shape index (κ2) is 5.15. The molecule has 0 atom stereocenters. The van der Waals surface area contributed by atoms with Crippen LogP contribution in [0.4, 0.5) is 5.69 Å². The first-order valence-corrected chi connectivity index (χ1v) is 6.61. The number of anilines is 1. The van der Waals surface area contributed by atoms with Crippen LogP contribution >= 0.6 is 0 Å². The van der Waals surface area contributed by atoms with Gasteiger partial charge in [0.1, 0.15) is 12.1 Å². The monoisotopic (exact) mass is 268 g/mol. The summed E-state index contributed by atoms with van der Waals surface area (Å²) in [5.41, 5.74) is 0.729. The predicted octanol–water partition coefficient (Wildman–Crippen LogP) is 0.590. The van der Waals surface area contributed by atoms with Crippen molar-refractivity contribution in [1.82, 2.24) is 14.7 Å². The maximum absolute atomic E-state index is 11.4. The van der Waals surface area contributed by atoms with Gasteiger partial charge in [-0.1, -0.05) is 0 Å². The van der Waals surface area contributed by atoms with E-state index in [9.17, 15) is 8.42 Å². The van der Waals surface area contributed by atoms with Crippen LogP contribution in [0.2, 0.25) is 0 Å². The fourth-order valence-electron chi connectivity index (χ4n) is 1.28. The van der Waals surface area contributed by atoms with Crippen molar-refractivity contribution in [3.63, 3.8) is 0 Å². The lowest BCUT2D eigenvalue weighted by molar-refractivity contribution is 0.417. The number of nitrogens with one attached hydrogen (secondary N) is 2. The highest BCUT2D eigenvalue weighted by Gasteiger charge is 2.15. The molecule has 18 heavy (non-hydrogen) atoms. The van der Waals surface area contributed by atoms with E-state index in [0.717, 1.165) is 5.69 Å². The molecule has 0 bridgehead atoms. The lowest BCUT2D eigenvalue weighted by Gasteiger charge is -2.02. The van der Waals surface area contributed by atoms with Crippen LogP contribution in [0.5, 0.6) is 0 Å². The van der Waals surface area contributed by atoms with Crippen molar-refractivity contribution >= 4 is 15.7 Å². The summed E-state index contributed by atoms with van der Waals surface area (Å²) in [5, 5.41) is 2.90. The molecule has 0 aliphatic rings. The van der Waals surface area contributed by atoms with Gasteiger partial charge in [0.05, 0.1) is 24.6 Å². The van der Waals surface area contributed by atoms with E-state index >= 15 is 0 Å². The number of nitrogens with zero attached hydrogens (tertiary/aromatic N) is 2. The zero-order valence-corrected chi connectivity index (χ0v) is 10.4. The summed E-state index contributed by atoms with van der Waals surface area (Å²) in [7, 11) is -2.20. The third-order valence-corrected chi connectivity index (χ3v) is 3.48. The molecule has 0 amide bonds. The van der Waals surface area contributed by atoms with Gasteiger partial charge in [-0.3, -0.25) is 0 Å². The Bertz CT molecular complexity index is 609. The number of rotatable bonds is 5. The first kappa shape index (κ1) is 12.5. The Hall–Kier alpha value is -1.93. The Morgan fingerprint density at radius 2 is 2.00 bits per heavy atom. The largest absolute Gasteiger partial charge is 0.446 e. The van der Waals surface area contributed by atoms with Gasteiger partial charge >= 0.3 is 0 Å². The molecule has 96 valence electrons. The molecule has 0 aliphatic heterocycles. The van der Waals surface area contributed by atoms with Crippen LogP contribution in [0.1, 0.15) is 5.76 Å². The van der Waals surface area contributed by atoms with E-state index in [4.69, 9.17) is 4.42 Å². The Morgan fingerprint density at radius 1 is 1.28 bits per heavy atom. The number of hydrogen-bond acceptors (Lipinski definition) is 6. The Morgan fingerprint density at radius 3 is 2.67 bits per heavy atom. The van der Waals surface area contributed by atoms with Gasteiger partial charge in [0.2, 0.25) is 5.09 Å². The van der Waals surface area contributed by atoms with E-state index in [-0.39, 0.29) is 5.09 Å². The second-order valence-electron chi connectivity index (χ2n) is 3.41. The van der Waals surface area contributed by atoms with Crippen LogP contribution in [-0.4, -0.2) is 25.4 Å². The summed E-state index contributed by atoms with van der Waals surface area (Å²) in [4.78, 5) is 7.69. The third-order valence-electron chi connectivity index (χ3n) is 2.20. The maximum Gasteiger partial charge on any atom is 0.273 e. The molecule has 2 aromatic heterocycles. The Balaban J connectivity index is 2.04. The summed E-state index contributed by atoms with van der Waals surface area (Å²) in [6.45, 7) is 0.354. The summed E-state index contributed by atoms with van der Waals surface area (Å²) < 4.78 is 30.3. The fraction of sp³-hybridized carbons (Fsp3) is 0.200. The van der Waals surface area contributed by atoms with E-state index in [2.05, 4.69) is 20.0 Å². The van der Waals surface area contributed by atoms with Gasteiger partial charge in [0, 0.05) is 0 Å². The van der Waals surface area contributed by atoms with Crippen molar-refractivity contribution in [3.05, 3.63) is 36.6 Å². The molecule has 0 aromatic carbocycles. The van der Waals surface area contributed by atoms with Gasteiger partial charge in [0.25, 0.3) is 10.0 Å². The van der Waals surface area contributed by atoms with Crippen molar-refractivity contribution < 1.29 is 12.8 Å². The average Bonchev–Trinajstić information content (AvgIpc) is 2.87. The molecule has 2 aromatic rings. The summed E-state index contributed by atoms with van der Waals surface area (Å²) in [6, 6.07) is 3.01. The van der Waals surface area contributed by atoms with E-state index in [1.165, 1.54) is 19.4 Å². The molecule has 0 unspecified atom stereocenters. The van der Waals surface area contributed by atoms with Crippen LogP contribution in [0, 0.1) is 0 Å². The summed E-state index contributed by atoms with van der Waals surface area (Å²) >= 11 is 0. The van der Waals surface area contributed by atoms with Crippen LogP contribution in [0.25, 0.3) is 0 Å². The predicted molar refractivity (Wildman–Crippen MR) is 64.3 cm³/mol. The molecule has 2 heterocycles. The van der Waals surface area contributed by atoms with E-state index in [1.54, 1.807) is 18.5 Å². The van der Waals surface area contributed by atoms with Crippen LogP contribution in [0.3, 0.4) is 0 Å². The minimum atomic E-state index is -3.53. The number of sulfonamides is 1. The topological polar surface area (TPSA) is 97.1 Å². The van der Waals surface area contributed by atoms with Crippen molar-refractivity contribution in [2.24, 2.45) is 0 Å². The number of furan rings is 1. The molecular formula is C10H12N4O3S. The molecule has 8 heteroatoms. The molecular weight excluding hydrogens is 256 g/mol. The Labute approximate surface area is 104 Å². The quantitative estimate of drug-likeness (QED) is 0.823. The highest BCUT2D eigenvalue weighted by atomic mass is 32.2. The molecule has 2 N–H and O–H groups in total. The normalized spacial score (nSPS) is 11.4. The molecule has 2 rings (SSSR count). The first-order chi connectivity index (χ1) is 8.62. The molecule has 7 nitrogen and oxygen atoms in total. The lowest BCUT2D eigenvalue weighted by Crippen LogP contribution is -2.17. The van der Waals surface area contributed by atoms with Gasteiger partial charge in [-0.15, -0.1) is 0 Å². The fourth-order valence-corrected chi connectivity index (χ4v) is 1.94. The van der Waals surface area contributed by atoms with Crippen LogP contribution in [-0.2, 0) is 16.6 Å². The van der Waals surface area contributed by atoms with Crippen molar-refractivity contribution in [2.75, 3.05) is 12.4 Å². The van der Waals surface area contributed by atoms with Gasteiger partial charge < -0.3 is 9.73 Å². The Kier molecular flexibility index (Phi) is 3.58. The van der Waals surface area contributed by atoms with E-state index in [1.807, 2.05) is 0 Å². The lowest BCUT2D eigenvalue weighted by atomic mass is 10.4. The minimum absolute atomic E-state index is 0.105. The molecule has 0 saturated carbocycles. The molecule has 0 saturated heterocycles. The standard InChI is InChI=1S/C10H12N4O3S/c1-11-18(15,16)10-3-2-9(17-10)6-14-8-4-12-7-13-5-8/h2-5,7,11,14H,6H2,1H3. The SMILES string of the molecule is CNS(=O)(=O)c1ccc(CNc2cncnc2)o1. The van der Waals surface area contributed by atoms with E-state index < -0.39 is 10.0 Å². The zero-order valence-electron chi connectivity index (χ0n) is 9.62. The van der Waals surface area contributed by atoms with Crippen LogP contribution < -0.4 is 10.0 Å². The first-order valence-electron chi connectivity index (χ1n) is 5.13. The third kappa shape index (κ3) is 2.84. The average molecular weight is 268 g/mol. The van der Waals surface area contributed by atoms with Gasteiger partial charge in [0.15, 0.2) is 0 Å². The highest BCUT2D eigenvalue weighted by Crippen LogP contribution is 2.14. The molecule has 0 aliphatic carbocycles. The van der Waals surface area contributed by atoms with E-state index in [0.29, 0.717) is 12.3 Å². The zero-order chi connectivity index (χ0) is 13.0. The number of aromatic nitrogens is 2. The van der Waals surface area contributed by atoms with Gasteiger partial charge in [-0.05, 0) is 19.2 Å². The molecule has 0 spiro atoms. The number of hydrogen-bond donors (Lipinski definition) is 2.